The number of carbonyl (C=O) groups is 2. The van der Waals surface area contributed by atoms with Gasteiger partial charge in [0.2, 0.25) is 0 Å². The van der Waals surface area contributed by atoms with Gasteiger partial charge in [0.25, 0.3) is 0 Å². The summed E-state index contributed by atoms with van der Waals surface area (Å²) in [5.74, 6) is -1.40. The van der Waals surface area contributed by atoms with Crippen LogP contribution in [0.15, 0.2) is 12.4 Å². The van der Waals surface area contributed by atoms with Crippen molar-refractivity contribution in [3.63, 3.8) is 0 Å². The lowest BCUT2D eigenvalue weighted by Crippen LogP contribution is -2.47. The van der Waals surface area contributed by atoms with Crippen LogP contribution < -0.4 is 10.6 Å². The number of nitrogens with zero attached hydrogens (tertiary/aromatic N) is 2. The molecule has 2 amide bonds. The van der Waals surface area contributed by atoms with Crippen LogP contribution in [0.4, 0.5) is 10.5 Å². The number of hydrogen-bond acceptors (Lipinski definition) is 4. The number of anilines is 1. The quantitative estimate of drug-likeness (QED) is 0.585. The van der Waals surface area contributed by atoms with E-state index in [1.165, 1.54) is 6.20 Å². The van der Waals surface area contributed by atoms with Crippen molar-refractivity contribution in [3.8, 4) is 0 Å². The maximum atomic E-state index is 11.4. The Kier molecular flexibility index (Phi) is 4.27. The highest BCUT2D eigenvalue weighted by Gasteiger charge is 2.30. The first-order chi connectivity index (χ1) is 8.35. The number of carbonyl (C=O) groups excluding carboxylic acids is 1. The summed E-state index contributed by atoms with van der Waals surface area (Å²) >= 11 is 0. The summed E-state index contributed by atoms with van der Waals surface area (Å²) in [6.45, 7) is 3.29. The number of carboxylic acids is 1. The van der Waals surface area contributed by atoms with Crippen LogP contribution in [0.2, 0.25) is 0 Å². The molecule has 0 radical (unpaired) electrons. The topological polar surface area (TPSA) is 116 Å². The molecule has 1 aromatic heterocycles. The zero-order valence-corrected chi connectivity index (χ0v) is 10.2. The van der Waals surface area contributed by atoms with E-state index < -0.39 is 24.1 Å². The highest BCUT2D eigenvalue weighted by molar-refractivity contribution is 5.89. The van der Waals surface area contributed by atoms with E-state index in [-0.39, 0.29) is 0 Å². The molecule has 18 heavy (non-hydrogen) atoms. The first-order valence-electron chi connectivity index (χ1n) is 5.38. The van der Waals surface area contributed by atoms with Crippen molar-refractivity contribution in [1.82, 2.24) is 15.1 Å². The molecule has 0 bridgehead atoms. The Morgan fingerprint density at radius 2 is 2.22 bits per heavy atom. The molecular weight excluding hydrogens is 240 g/mol. The molecule has 0 saturated heterocycles. The van der Waals surface area contributed by atoms with E-state index in [0.717, 1.165) is 6.92 Å². The second-order valence-corrected chi connectivity index (χ2v) is 3.97. The van der Waals surface area contributed by atoms with Crippen LogP contribution in [0.3, 0.4) is 0 Å². The fourth-order valence-corrected chi connectivity index (χ4v) is 1.10. The van der Waals surface area contributed by atoms with Gasteiger partial charge in [-0.1, -0.05) is 0 Å². The van der Waals surface area contributed by atoms with Gasteiger partial charge in [-0.3, -0.25) is 4.68 Å². The first-order valence-corrected chi connectivity index (χ1v) is 5.38. The van der Waals surface area contributed by atoms with Crippen LogP contribution in [0.1, 0.15) is 13.8 Å². The Labute approximate surface area is 104 Å². The second-order valence-electron chi connectivity index (χ2n) is 3.97. The highest BCUT2D eigenvalue weighted by Crippen LogP contribution is 2.05. The summed E-state index contributed by atoms with van der Waals surface area (Å²) in [4.78, 5) is 22.0. The number of aliphatic carboxylic acids is 1. The van der Waals surface area contributed by atoms with Gasteiger partial charge in [0.1, 0.15) is 0 Å². The third-order valence-electron chi connectivity index (χ3n) is 2.27. The number of amides is 2. The van der Waals surface area contributed by atoms with Crippen LogP contribution >= 0.6 is 0 Å². The molecule has 0 spiro atoms. The number of aryl methyl sites for hydroxylation is 1. The average molecular weight is 256 g/mol. The molecule has 8 heteroatoms. The normalized spacial score (nSPS) is 13.7. The van der Waals surface area contributed by atoms with E-state index in [4.69, 9.17) is 5.11 Å². The molecule has 1 unspecified atom stereocenters. The third kappa shape index (κ3) is 3.74. The highest BCUT2D eigenvalue weighted by atomic mass is 16.4. The van der Waals surface area contributed by atoms with E-state index in [1.807, 2.05) is 6.92 Å². The molecule has 0 fully saturated rings. The molecule has 4 N–H and O–H groups in total. The number of carboxylic acid groups (broad SMARTS) is 1. The van der Waals surface area contributed by atoms with E-state index in [1.54, 1.807) is 10.9 Å². The van der Waals surface area contributed by atoms with Crippen molar-refractivity contribution in [1.29, 1.82) is 0 Å². The van der Waals surface area contributed by atoms with Gasteiger partial charge in [-0.2, -0.15) is 5.10 Å². The molecule has 0 aromatic carbocycles. The van der Waals surface area contributed by atoms with Crippen LogP contribution in [-0.4, -0.2) is 44.1 Å². The lowest BCUT2D eigenvalue weighted by Gasteiger charge is -2.18. The molecule has 100 valence electrons. The SMILES string of the molecule is CCn1cc(NC(=O)NCC(C)(O)C(=O)O)cn1. The van der Waals surface area contributed by atoms with Gasteiger partial charge in [0, 0.05) is 12.7 Å². The maximum absolute atomic E-state index is 11.4. The van der Waals surface area contributed by atoms with Crippen LogP contribution in [0.5, 0.6) is 0 Å². The molecular formula is C10H16N4O4. The summed E-state index contributed by atoms with van der Waals surface area (Å²) in [5.41, 5.74) is -1.50. The summed E-state index contributed by atoms with van der Waals surface area (Å²) in [6, 6.07) is -0.604. The van der Waals surface area contributed by atoms with Crippen molar-refractivity contribution in [2.75, 3.05) is 11.9 Å². The van der Waals surface area contributed by atoms with Crippen molar-refractivity contribution in [3.05, 3.63) is 12.4 Å². The van der Waals surface area contributed by atoms with Crippen molar-refractivity contribution >= 4 is 17.7 Å². The predicted octanol–water partition coefficient (Wildman–Crippen LogP) is -0.140. The third-order valence-corrected chi connectivity index (χ3v) is 2.27. The van der Waals surface area contributed by atoms with Gasteiger partial charge in [0.05, 0.1) is 18.4 Å². The van der Waals surface area contributed by atoms with E-state index in [0.29, 0.717) is 12.2 Å². The largest absolute Gasteiger partial charge is 0.479 e. The summed E-state index contributed by atoms with van der Waals surface area (Å²) < 4.78 is 1.63. The predicted molar refractivity (Wildman–Crippen MR) is 63.2 cm³/mol. The molecule has 0 saturated carbocycles. The first kappa shape index (κ1) is 14.0. The number of hydrogen-bond donors (Lipinski definition) is 4. The Morgan fingerprint density at radius 1 is 1.56 bits per heavy atom. The minimum atomic E-state index is -2.00. The van der Waals surface area contributed by atoms with E-state index in [2.05, 4.69) is 15.7 Å². The standard InChI is InChI=1S/C10H16N4O4/c1-3-14-5-7(4-12-14)13-9(17)11-6-10(2,18)8(15)16/h4-5,18H,3,6H2,1-2H3,(H,15,16)(H2,11,13,17). The van der Waals surface area contributed by atoms with Gasteiger partial charge in [-0.15, -0.1) is 0 Å². The minimum Gasteiger partial charge on any atom is -0.479 e. The van der Waals surface area contributed by atoms with Crippen molar-refractivity contribution < 1.29 is 19.8 Å². The van der Waals surface area contributed by atoms with E-state index >= 15 is 0 Å². The number of urea groups is 1. The molecule has 0 aliphatic rings. The lowest BCUT2D eigenvalue weighted by atomic mass is 10.1. The van der Waals surface area contributed by atoms with Crippen molar-refractivity contribution in [2.45, 2.75) is 26.0 Å². The summed E-state index contributed by atoms with van der Waals surface area (Å²) in [5, 5.41) is 26.7. The van der Waals surface area contributed by atoms with Gasteiger partial charge in [-0.25, -0.2) is 9.59 Å². The van der Waals surface area contributed by atoms with Crippen LogP contribution in [0, 0.1) is 0 Å². The number of aromatic nitrogens is 2. The Hall–Kier alpha value is -2.09. The minimum absolute atomic E-state index is 0.393. The molecule has 1 heterocycles. The fraction of sp³-hybridized carbons (Fsp3) is 0.500. The maximum Gasteiger partial charge on any atom is 0.337 e. The Balaban J connectivity index is 2.45. The number of aliphatic hydroxyl groups is 1. The second kappa shape index (κ2) is 5.50. The Morgan fingerprint density at radius 3 is 2.72 bits per heavy atom. The molecule has 8 nitrogen and oxygen atoms in total. The molecule has 0 aliphatic carbocycles. The molecule has 1 atom stereocenters. The molecule has 1 aromatic rings. The number of rotatable bonds is 5. The van der Waals surface area contributed by atoms with Gasteiger partial charge < -0.3 is 20.8 Å². The average Bonchev–Trinajstić information content (AvgIpc) is 2.74. The zero-order chi connectivity index (χ0) is 13.8. The molecule has 0 aliphatic heterocycles. The fourth-order valence-electron chi connectivity index (χ4n) is 1.10. The summed E-state index contributed by atoms with van der Waals surface area (Å²) in [7, 11) is 0. The smallest absolute Gasteiger partial charge is 0.337 e. The van der Waals surface area contributed by atoms with Gasteiger partial charge >= 0.3 is 12.0 Å². The number of nitrogens with one attached hydrogen (secondary N) is 2. The van der Waals surface area contributed by atoms with Gasteiger partial charge in [-0.05, 0) is 13.8 Å². The monoisotopic (exact) mass is 256 g/mol. The van der Waals surface area contributed by atoms with E-state index in [9.17, 15) is 14.7 Å². The van der Waals surface area contributed by atoms with Crippen LogP contribution in [0.25, 0.3) is 0 Å². The van der Waals surface area contributed by atoms with Gasteiger partial charge in [0.15, 0.2) is 5.60 Å². The lowest BCUT2D eigenvalue weighted by molar-refractivity contribution is -0.155. The Bertz CT molecular complexity index is 441. The zero-order valence-electron chi connectivity index (χ0n) is 10.2. The summed E-state index contributed by atoms with van der Waals surface area (Å²) in [6.07, 6.45) is 3.10. The van der Waals surface area contributed by atoms with Crippen LogP contribution in [-0.2, 0) is 11.3 Å². The van der Waals surface area contributed by atoms with Crippen molar-refractivity contribution in [2.24, 2.45) is 0 Å². The molecule has 1 rings (SSSR count).